The molecule has 0 heterocycles. The van der Waals surface area contributed by atoms with Gasteiger partial charge < -0.3 is 0 Å². The molecule has 0 spiro atoms. The van der Waals surface area contributed by atoms with E-state index in [1.54, 1.807) is 48.5 Å². The zero-order chi connectivity index (χ0) is 17.9. The van der Waals surface area contributed by atoms with Gasteiger partial charge in [-0.3, -0.25) is 15.0 Å². The van der Waals surface area contributed by atoms with Crippen molar-refractivity contribution in [1.82, 2.24) is 10.4 Å². The molecule has 2 amide bonds. The lowest BCUT2D eigenvalue weighted by atomic mass is 10.1. The van der Waals surface area contributed by atoms with Crippen LogP contribution in [-0.2, 0) is 0 Å². The van der Waals surface area contributed by atoms with Crippen LogP contribution in [0, 0.1) is 0 Å². The Hall–Kier alpha value is -1.66. The number of nitrogens with zero attached hydrogens (tertiary/aromatic N) is 1. The molecule has 126 valence electrons. The zero-order valence-electron chi connectivity index (χ0n) is 13.6. The average Bonchev–Trinajstić information content (AvgIpc) is 2.52. The number of hydrogen-bond donors (Lipinski definition) is 1. The predicted octanol–water partition coefficient (Wildman–Crippen LogP) is 4.80. The van der Waals surface area contributed by atoms with Crippen molar-refractivity contribution in [2.45, 2.75) is 26.3 Å². The minimum absolute atomic E-state index is 0.263. The lowest BCUT2D eigenvalue weighted by molar-refractivity contribution is 0.0358. The molecule has 0 aromatic heterocycles. The second-order valence-corrected chi connectivity index (χ2v) is 8.10. The Balaban J connectivity index is 2.25. The maximum atomic E-state index is 12.8. The van der Waals surface area contributed by atoms with Gasteiger partial charge in [0.1, 0.15) is 0 Å². The van der Waals surface area contributed by atoms with Gasteiger partial charge in [-0.2, -0.15) is 0 Å². The SMILES string of the molecule is CC(C)(C)N(NC(=O)c1ccc(Br)cc1)C(=O)c1ccc(Br)cc1. The first kappa shape index (κ1) is 18.7. The topological polar surface area (TPSA) is 49.4 Å². The van der Waals surface area contributed by atoms with Crippen molar-refractivity contribution in [2.75, 3.05) is 0 Å². The van der Waals surface area contributed by atoms with E-state index in [-0.39, 0.29) is 11.8 Å². The van der Waals surface area contributed by atoms with Crippen molar-refractivity contribution in [3.05, 3.63) is 68.6 Å². The molecule has 0 bridgehead atoms. The molecule has 0 aliphatic carbocycles. The Bertz CT molecular complexity index is 735. The van der Waals surface area contributed by atoms with Gasteiger partial charge in [-0.05, 0) is 69.3 Å². The van der Waals surface area contributed by atoms with Gasteiger partial charge in [0.25, 0.3) is 11.8 Å². The van der Waals surface area contributed by atoms with Crippen LogP contribution in [-0.4, -0.2) is 22.4 Å². The summed E-state index contributed by atoms with van der Waals surface area (Å²) in [7, 11) is 0. The molecule has 0 atom stereocenters. The van der Waals surface area contributed by atoms with Crippen LogP contribution in [0.15, 0.2) is 57.5 Å². The van der Waals surface area contributed by atoms with Crippen molar-refractivity contribution in [2.24, 2.45) is 0 Å². The molecule has 24 heavy (non-hydrogen) atoms. The van der Waals surface area contributed by atoms with E-state index in [0.29, 0.717) is 11.1 Å². The molecule has 1 N–H and O–H groups in total. The number of benzene rings is 2. The van der Waals surface area contributed by atoms with Crippen molar-refractivity contribution in [3.8, 4) is 0 Å². The summed E-state index contributed by atoms with van der Waals surface area (Å²) in [5, 5.41) is 1.36. The van der Waals surface area contributed by atoms with Crippen LogP contribution in [0.2, 0.25) is 0 Å². The van der Waals surface area contributed by atoms with Crippen LogP contribution in [0.3, 0.4) is 0 Å². The molecule has 0 aliphatic rings. The fourth-order valence-electron chi connectivity index (χ4n) is 2.01. The first-order chi connectivity index (χ1) is 11.2. The highest BCUT2D eigenvalue weighted by Crippen LogP contribution is 2.18. The zero-order valence-corrected chi connectivity index (χ0v) is 16.8. The van der Waals surface area contributed by atoms with E-state index in [0.717, 1.165) is 8.95 Å². The van der Waals surface area contributed by atoms with Crippen LogP contribution in [0.4, 0.5) is 0 Å². The minimum Gasteiger partial charge on any atom is -0.267 e. The number of hydrazine groups is 1. The second kappa shape index (κ2) is 7.49. The Labute approximate surface area is 158 Å². The van der Waals surface area contributed by atoms with Gasteiger partial charge in [-0.1, -0.05) is 31.9 Å². The highest BCUT2D eigenvalue weighted by molar-refractivity contribution is 9.10. The summed E-state index contributed by atoms with van der Waals surface area (Å²) >= 11 is 6.69. The standard InChI is InChI=1S/C18H18Br2N2O2/c1-18(2,3)22(17(24)13-6-10-15(20)11-7-13)21-16(23)12-4-8-14(19)9-5-12/h4-11H,1-3H3,(H,21,23). The highest BCUT2D eigenvalue weighted by atomic mass is 79.9. The van der Waals surface area contributed by atoms with E-state index in [1.807, 2.05) is 20.8 Å². The van der Waals surface area contributed by atoms with Crippen molar-refractivity contribution < 1.29 is 9.59 Å². The van der Waals surface area contributed by atoms with Gasteiger partial charge in [-0.15, -0.1) is 0 Å². The fourth-order valence-corrected chi connectivity index (χ4v) is 2.54. The first-order valence-electron chi connectivity index (χ1n) is 7.35. The third-order valence-corrected chi connectivity index (χ3v) is 4.34. The molecule has 0 unspecified atom stereocenters. The van der Waals surface area contributed by atoms with E-state index in [9.17, 15) is 9.59 Å². The van der Waals surface area contributed by atoms with Crippen LogP contribution < -0.4 is 5.43 Å². The van der Waals surface area contributed by atoms with Crippen LogP contribution >= 0.6 is 31.9 Å². The summed E-state index contributed by atoms with van der Waals surface area (Å²) < 4.78 is 1.78. The molecule has 0 radical (unpaired) electrons. The average molecular weight is 454 g/mol. The summed E-state index contributed by atoms with van der Waals surface area (Å²) in [4.78, 5) is 25.3. The number of carbonyl (C=O) groups is 2. The molecule has 0 saturated carbocycles. The van der Waals surface area contributed by atoms with Gasteiger partial charge >= 0.3 is 0 Å². The number of halogens is 2. The number of amides is 2. The summed E-state index contributed by atoms with van der Waals surface area (Å²) in [6.45, 7) is 5.60. The molecule has 0 fully saturated rings. The van der Waals surface area contributed by atoms with Gasteiger partial charge in [0.15, 0.2) is 0 Å². The first-order valence-corrected chi connectivity index (χ1v) is 8.94. The monoisotopic (exact) mass is 452 g/mol. The van der Waals surface area contributed by atoms with Crippen LogP contribution in [0.1, 0.15) is 41.5 Å². The number of carbonyl (C=O) groups excluding carboxylic acids is 2. The Morgan fingerprint density at radius 1 is 0.833 bits per heavy atom. The van der Waals surface area contributed by atoms with E-state index < -0.39 is 5.54 Å². The largest absolute Gasteiger partial charge is 0.272 e. The summed E-state index contributed by atoms with van der Waals surface area (Å²) in [5.41, 5.74) is 3.14. The van der Waals surface area contributed by atoms with Gasteiger partial charge in [0.2, 0.25) is 0 Å². The molecule has 4 nitrogen and oxygen atoms in total. The second-order valence-electron chi connectivity index (χ2n) is 6.27. The predicted molar refractivity (Wildman–Crippen MR) is 102 cm³/mol. The van der Waals surface area contributed by atoms with Gasteiger partial charge in [0.05, 0.1) is 5.54 Å². The summed E-state index contributed by atoms with van der Waals surface area (Å²) in [5.74, 6) is -0.594. The van der Waals surface area contributed by atoms with Gasteiger partial charge in [0, 0.05) is 20.1 Å². The minimum atomic E-state index is -0.574. The number of hydrogen-bond acceptors (Lipinski definition) is 2. The summed E-state index contributed by atoms with van der Waals surface area (Å²) in [6.07, 6.45) is 0. The lowest BCUT2D eigenvalue weighted by Crippen LogP contribution is -2.55. The van der Waals surface area contributed by atoms with E-state index in [2.05, 4.69) is 37.3 Å². The Morgan fingerprint density at radius 2 is 1.25 bits per heavy atom. The van der Waals surface area contributed by atoms with Crippen LogP contribution in [0.5, 0.6) is 0 Å². The van der Waals surface area contributed by atoms with E-state index in [4.69, 9.17) is 0 Å². The normalized spacial score (nSPS) is 11.0. The Morgan fingerprint density at radius 3 is 1.67 bits per heavy atom. The molecular weight excluding hydrogens is 436 g/mol. The highest BCUT2D eigenvalue weighted by Gasteiger charge is 2.29. The smallest absolute Gasteiger partial charge is 0.267 e. The van der Waals surface area contributed by atoms with E-state index >= 15 is 0 Å². The molecule has 6 heteroatoms. The molecule has 2 aromatic rings. The Kier molecular flexibility index (Phi) is 5.83. The quantitative estimate of drug-likeness (QED) is 0.664. The summed E-state index contributed by atoms with van der Waals surface area (Å²) in [6, 6.07) is 14.0. The maximum Gasteiger partial charge on any atom is 0.272 e. The molecular formula is C18H18Br2N2O2. The maximum absolute atomic E-state index is 12.8. The molecule has 2 aromatic carbocycles. The molecule has 2 rings (SSSR count). The lowest BCUT2D eigenvalue weighted by Gasteiger charge is -2.35. The number of nitrogens with one attached hydrogen (secondary N) is 1. The fraction of sp³-hybridized carbons (Fsp3) is 0.222. The number of rotatable bonds is 2. The third kappa shape index (κ3) is 4.68. The molecule has 0 saturated heterocycles. The van der Waals surface area contributed by atoms with Gasteiger partial charge in [-0.25, -0.2) is 5.01 Å². The van der Waals surface area contributed by atoms with E-state index in [1.165, 1.54) is 5.01 Å². The van der Waals surface area contributed by atoms with Crippen LogP contribution in [0.25, 0.3) is 0 Å². The van der Waals surface area contributed by atoms with Crippen molar-refractivity contribution >= 4 is 43.7 Å². The third-order valence-electron chi connectivity index (χ3n) is 3.28. The van der Waals surface area contributed by atoms with Crippen molar-refractivity contribution in [3.63, 3.8) is 0 Å². The van der Waals surface area contributed by atoms with Crippen molar-refractivity contribution in [1.29, 1.82) is 0 Å². The molecule has 0 aliphatic heterocycles.